The average Bonchev–Trinajstić information content (AvgIpc) is 2.93. The fourth-order valence-corrected chi connectivity index (χ4v) is 3.41. The topological polar surface area (TPSA) is 69.8 Å². The van der Waals surface area contributed by atoms with Gasteiger partial charge in [-0.3, -0.25) is 14.6 Å². The zero-order valence-electron chi connectivity index (χ0n) is 15.3. The van der Waals surface area contributed by atoms with Gasteiger partial charge in [0.25, 0.3) is 0 Å². The maximum atomic E-state index is 13.0. The van der Waals surface area contributed by atoms with Crippen LogP contribution in [0.25, 0.3) is 11.5 Å². The van der Waals surface area contributed by atoms with Crippen LogP contribution in [0.15, 0.2) is 34.9 Å². The third-order valence-corrected chi connectivity index (χ3v) is 4.83. The Bertz CT molecular complexity index is 738. The van der Waals surface area contributed by atoms with Crippen molar-refractivity contribution in [3.63, 3.8) is 0 Å². The van der Waals surface area contributed by atoms with E-state index < -0.39 is 5.97 Å². The fraction of sp³-hybridized carbons (Fsp3) is 0.474. The Kier molecular flexibility index (Phi) is 7.77. The third kappa shape index (κ3) is 6.02. The maximum Gasteiger partial charge on any atom is 0.317 e. The molecule has 1 aromatic carbocycles. The minimum absolute atomic E-state index is 0. The lowest BCUT2D eigenvalue weighted by atomic mass is 10.1. The van der Waals surface area contributed by atoms with Gasteiger partial charge in [-0.05, 0) is 57.1 Å². The predicted molar refractivity (Wildman–Crippen MR) is 102 cm³/mol. The van der Waals surface area contributed by atoms with Crippen LogP contribution in [0, 0.1) is 5.82 Å². The number of benzene rings is 1. The monoisotopic (exact) mass is 397 g/mol. The normalized spacial score (nSPS) is 18.1. The molecule has 1 aromatic heterocycles. The molecule has 0 bridgehead atoms. The van der Waals surface area contributed by atoms with Gasteiger partial charge in [0.05, 0.1) is 12.2 Å². The number of aliphatic carboxylic acids is 1. The number of halogens is 2. The molecule has 0 aliphatic carbocycles. The molecule has 27 heavy (non-hydrogen) atoms. The highest BCUT2D eigenvalue weighted by molar-refractivity contribution is 5.85. The van der Waals surface area contributed by atoms with Crippen LogP contribution in [0.2, 0.25) is 0 Å². The fourth-order valence-electron chi connectivity index (χ4n) is 3.41. The number of likely N-dealkylation sites (tertiary alicyclic amines) is 1. The van der Waals surface area contributed by atoms with Gasteiger partial charge >= 0.3 is 5.97 Å². The number of oxazole rings is 1. The van der Waals surface area contributed by atoms with Crippen LogP contribution in [-0.4, -0.2) is 58.6 Å². The first kappa shape index (κ1) is 21.3. The maximum absolute atomic E-state index is 13.0. The molecule has 1 saturated heterocycles. The van der Waals surface area contributed by atoms with Gasteiger partial charge in [0, 0.05) is 24.7 Å². The summed E-state index contributed by atoms with van der Waals surface area (Å²) in [5.74, 6) is -0.578. The molecule has 0 radical (unpaired) electrons. The molecule has 1 aliphatic rings. The van der Waals surface area contributed by atoms with Crippen LogP contribution in [-0.2, 0) is 11.3 Å². The van der Waals surface area contributed by atoms with Crippen molar-refractivity contribution >= 4 is 18.4 Å². The summed E-state index contributed by atoms with van der Waals surface area (Å²) in [4.78, 5) is 19.6. The molecule has 0 spiro atoms. The Morgan fingerprint density at radius 2 is 2.07 bits per heavy atom. The number of likely N-dealkylation sites (N-methyl/N-ethyl adjacent to an activating group) is 1. The first-order valence-corrected chi connectivity index (χ1v) is 8.86. The van der Waals surface area contributed by atoms with E-state index in [1.54, 1.807) is 18.4 Å². The zero-order chi connectivity index (χ0) is 18.5. The first-order chi connectivity index (χ1) is 12.5. The number of carbonyl (C=O) groups is 1. The van der Waals surface area contributed by atoms with Crippen molar-refractivity contribution in [1.29, 1.82) is 0 Å². The van der Waals surface area contributed by atoms with Gasteiger partial charge in [-0.1, -0.05) is 0 Å². The van der Waals surface area contributed by atoms with Crippen LogP contribution in [0.5, 0.6) is 0 Å². The highest BCUT2D eigenvalue weighted by Gasteiger charge is 2.22. The molecule has 1 atom stereocenters. The Morgan fingerprint density at radius 3 is 2.78 bits per heavy atom. The molecule has 1 fully saturated rings. The van der Waals surface area contributed by atoms with E-state index in [1.165, 1.54) is 12.1 Å². The molecule has 3 rings (SSSR count). The molecule has 8 heteroatoms. The smallest absolute Gasteiger partial charge is 0.317 e. The summed E-state index contributed by atoms with van der Waals surface area (Å²) in [7, 11) is 1.88. The number of hydrogen-bond acceptors (Lipinski definition) is 5. The van der Waals surface area contributed by atoms with E-state index in [1.807, 2.05) is 11.9 Å². The van der Waals surface area contributed by atoms with E-state index in [0.29, 0.717) is 18.5 Å². The average molecular weight is 398 g/mol. The molecular formula is C19H25ClFN3O3. The Labute approximate surface area is 164 Å². The molecule has 1 unspecified atom stereocenters. The molecule has 1 N–H and O–H groups in total. The van der Waals surface area contributed by atoms with Crippen molar-refractivity contribution in [3.8, 4) is 11.5 Å². The van der Waals surface area contributed by atoms with Crippen molar-refractivity contribution in [2.24, 2.45) is 0 Å². The second-order valence-corrected chi connectivity index (χ2v) is 6.82. The van der Waals surface area contributed by atoms with Crippen molar-refractivity contribution < 1.29 is 18.7 Å². The van der Waals surface area contributed by atoms with Gasteiger partial charge in [0.2, 0.25) is 5.89 Å². The van der Waals surface area contributed by atoms with E-state index in [2.05, 4.69) is 9.88 Å². The lowest BCUT2D eigenvalue weighted by Gasteiger charge is -2.25. The summed E-state index contributed by atoms with van der Waals surface area (Å²) in [6, 6.07) is 6.38. The number of aromatic nitrogens is 1. The van der Waals surface area contributed by atoms with Gasteiger partial charge in [-0.15, -0.1) is 12.4 Å². The van der Waals surface area contributed by atoms with E-state index in [-0.39, 0.29) is 24.8 Å². The Morgan fingerprint density at radius 1 is 1.33 bits per heavy atom. The number of carboxylic acids is 1. The summed E-state index contributed by atoms with van der Waals surface area (Å²) in [5.41, 5.74) is 1.60. The summed E-state index contributed by atoms with van der Waals surface area (Å²) in [6.07, 6.45) is 4.61. The lowest BCUT2D eigenvalue weighted by Crippen LogP contribution is -2.36. The van der Waals surface area contributed by atoms with Crippen LogP contribution >= 0.6 is 12.4 Å². The van der Waals surface area contributed by atoms with Crippen LogP contribution in [0.4, 0.5) is 4.39 Å². The Balaban J connectivity index is 0.00000261. The number of nitrogens with zero attached hydrogens (tertiary/aromatic N) is 3. The van der Waals surface area contributed by atoms with E-state index in [9.17, 15) is 9.18 Å². The summed E-state index contributed by atoms with van der Waals surface area (Å²) >= 11 is 0. The third-order valence-electron chi connectivity index (χ3n) is 4.83. The van der Waals surface area contributed by atoms with Crippen molar-refractivity contribution in [1.82, 2.24) is 14.8 Å². The molecule has 6 nitrogen and oxygen atoms in total. The molecule has 148 valence electrons. The lowest BCUT2D eigenvalue weighted by molar-refractivity contribution is -0.138. The highest BCUT2D eigenvalue weighted by atomic mass is 35.5. The molecule has 0 saturated carbocycles. The van der Waals surface area contributed by atoms with Gasteiger partial charge in [-0.2, -0.15) is 0 Å². The van der Waals surface area contributed by atoms with Crippen LogP contribution in [0.3, 0.4) is 0 Å². The predicted octanol–water partition coefficient (Wildman–Crippen LogP) is 3.27. The largest absolute Gasteiger partial charge is 0.480 e. The van der Waals surface area contributed by atoms with Crippen molar-refractivity contribution in [3.05, 3.63) is 42.0 Å². The van der Waals surface area contributed by atoms with Crippen molar-refractivity contribution in [2.75, 3.05) is 26.7 Å². The zero-order valence-corrected chi connectivity index (χ0v) is 16.1. The highest BCUT2D eigenvalue weighted by Crippen LogP contribution is 2.21. The SMILES string of the molecule is CN(CC(=O)O)C1CCCN(Cc2coc(-c3ccc(F)cc3)n2)CC1.Cl. The number of carboxylic acid groups (broad SMARTS) is 1. The summed E-state index contributed by atoms with van der Waals surface area (Å²) < 4.78 is 18.6. The molecule has 2 aromatic rings. The number of rotatable bonds is 6. The molecular weight excluding hydrogens is 373 g/mol. The van der Waals surface area contributed by atoms with E-state index in [4.69, 9.17) is 9.52 Å². The molecule has 0 amide bonds. The quantitative estimate of drug-likeness (QED) is 0.806. The second-order valence-electron chi connectivity index (χ2n) is 6.82. The summed E-state index contributed by atoms with van der Waals surface area (Å²) in [6.45, 7) is 2.62. The minimum atomic E-state index is -0.787. The standard InChI is InChI=1S/C19H24FN3O3.ClH/c1-22(12-18(24)25)17-3-2-9-23(10-8-17)11-16-13-26-19(21-16)14-4-6-15(20)7-5-14;/h4-7,13,17H,2-3,8-12H2,1H3,(H,24,25);1H. The van der Waals surface area contributed by atoms with Crippen molar-refractivity contribution in [2.45, 2.75) is 31.8 Å². The molecule has 1 aliphatic heterocycles. The molecule has 2 heterocycles. The Hall–Kier alpha value is -1.96. The summed E-state index contributed by atoms with van der Waals surface area (Å²) in [5, 5.41) is 8.95. The van der Waals surface area contributed by atoms with Gasteiger partial charge < -0.3 is 9.52 Å². The van der Waals surface area contributed by atoms with E-state index >= 15 is 0 Å². The van der Waals surface area contributed by atoms with Gasteiger partial charge in [0.1, 0.15) is 12.1 Å². The van der Waals surface area contributed by atoms with Gasteiger partial charge in [0.15, 0.2) is 0 Å². The number of hydrogen-bond donors (Lipinski definition) is 1. The van der Waals surface area contributed by atoms with Gasteiger partial charge in [-0.25, -0.2) is 9.37 Å². The van der Waals surface area contributed by atoms with Crippen LogP contribution in [0.1, 0.15) is 25.0 Å². The van der Waals surface area contributed by atoms with Crippen LogP contribution < -0.4 is 0 Å². The van der Waals surface area contributed by atoms with E-state index in [0.717, 1.165) is 43.6 Å². The first-order valence-electron chi connectivity index (χ1n) is 8.86. The second kappa shape index (κ2) is 9.82. The minimum Gasteiger partial charge on any atom is -0.480 e.